The number of carbonyl (C=O) groups excluding carboxylic acids is 1. The molecular formula is C17H15BrFNO2. The molecule has 0 aromatic heterocycles. The van der Waals surface area contributed by atoms with Gasteiger partial charge < -0.3 is 9.64 Å². The van der Waals surface area contributed by atoms with Crippen LogP contribution in [0.2, 0.25) is 0 Å². The molecule has 1 aliphatic rings. The van der Waals surface area contributed by atoms with Gasteiger partial charge in [-0.25, -0.2) is 9.18 Å². The van der Waals surface area contributed by atoms with Gasteiger partial charge in [0.2, 0.25) is 0 Å². The summed E-state index contributed by atoms with van der Waals surface area (Å²) in [5.74, 6) is -0.259. The third-order valence-electron chi connectivity index (χ3n) is 3.72. The summed E-state index contributed by atoms with van der Waals surface area (Å²) < 4.78 is 19.4. The predicted molar refractivity (Wildman–Crippen MR) is 84.8 cm³/mol. The summed E-state index contributed by atoms with van der Waals surface area (Å²) >= 11 is 3.37. The van der Waals surface area contributed by atoms with E-state index in [1.54, 1.807) is 4.90 Å². The minimum atomic E-state index is -0.342. The summed E-state index contributed by atoms with van der Waals surface area (Å²) in [6.07, 6.45) is 0.289. The maximum Gasteiger partial charge on any atom is 0.410 e. The SMILES string of the molecule is O=C(OCc1ccccc1)N1CCc2cc(F)cc(Br)c2C1. The standard InChI is InChI=1S/C17H15BrFNO2/c18-16-9-14(19)8-13-6-7-20(10-15(13)16)17(21)22-11-12-4-2-1-3-5-12/h1-5,8-9H,6-7,10-11H2. The van der Waals surface area contributed by atoms with E-state index < -0.39 is 0 Å². The van der Waals surface area contributed by atoms with Crippen molar-refractivity contribution < 1.29 is 13.9 Å². The quantitative estimate of drug-likeness (QED) is 0.796. The highest BCUT2D eigenvalue weighted by Gasteiger charge is 2.24. The Morgan fingerprint density at radius 1 is 1.27 bits per heavy atom. The van der Waals surface area contributed by atoms with Crippen LogP contribution in [0, 0.1) is 5.82 Å². The third-order valence-corrected chi connectivity index (χ3v) is 4.42. The molecule has 0 N–H and O–H groups in total. The van der Waals surface area contributed by atoms with Crippen molar-refractivity contribution in [3.05, 3.63) is 69.4 Å². The van der Waals surface area contributed by atoms with Crippen LogP contribution >= 0.6 is 15.9 Å². The molecule has 2 aromatic carbocycles. The van der Waals surface area contributed by atoms with E-state index in [0.29, 0.717) is 24.0 Å². The van der Waals surface area contributed by atoms with Crippen LogP contribution in [0.1, 0.15) is 16.7 Å². The van der Waals surface area contributed by atoms with Crippen molar-refractivity contribution in [1.29, 1.82) is 0 Å². The van der Waals surface area contributed by atoms with Crippen molar-refractivity contribution in [1.82, 2.24) is 4.90 Å². The van der Waals surface area contributed by atoms with Gasteiger partial charge in [-0.1, -0.05) is 46.3 Å². The lowest BCUT2D eigenvalue weighted by Crippen LogP contribution is -2.36. The predicted octanol–water partition coefficient (Wildman–Crippen LogP) is 4.28. The molecule has 3 nitrogen and oxygen atoms in total. The van der Waals surface area contributed by atoms with Crippen LogP contribution in [0.25, 0.3) is 0 Å². The number of nitrogens with zero attached hydrogens (tertiary/aromatic N) is 1. The molecule has 1 amide bonds. The zero-order valence-corrected chi connectivity index (χ0v) is 13.5. The summed E-state index contributed by atoms with van der Waals surface area (Å²) in [6.45, 7) is 1.23. The fourth-order valence-corrected chi connectivity index (χ4v) is 3.15. The molecule has 0 fully saturated rings. The lowest BCUT2D eigenvalue weighted by molar-refractivity contribution is 0.0917. The second kappa shape index (κ2) is 6.48. The average molecular weight is 364 g/mol. The van der Waals surface area contributed by atoms with Gasteiger partial charge in [0.25, 0.3) is 0 Å². The highest BCUT2D eigenvalue weighted by molar-refractivity contribution is 9.10. The Kier molecular flexibility index (Phi) is 4.43. The highest BCUT2D eigenvalue weighted by atomic mass is 79.9. The topological polar surface area (TPSA) is 29.5 Å². The van der Waals surface area contributed by atoms with Crippen LogP contribution in [-0.2, 0) is 24.3 Å². The lowest BCUT2D eigenvalue weighted by Gasteiger charge is -2.29. The van der Waals surface area contributed by atoms with E-state index in [1.807, 2.05) is 30.3 Å². The molecule has 5 heteroatoms. The number of amides is 1. The van der Waals surface area contributed by atoms with Crippen molar-refractivity contribution in [2.75, 3.05) is 6.54 Å². The Bertz CT molecular complexity index is 691. The molecule has 3 rings (SSSR count). The first kappa shape index (κ1) is 15.0. The van der Waals surface area contributed by atoms with Crippen molar-refractivity contribution in [2.45, 2.75) is 19.6 Å². The molecule has 114 valence electrons. The average Bonchev–Trinajstić information content (AvgIpc) is 2.53. The van der Waals surface area contributed by atoms with Crippen LogP contribution in [0.5, 0.6) is 0 Å². The fourth-order valence-electron chi connectivity index (χ4n) is 2.55. The molecule has 1 heterocycles. The number of fused-ring (bicyclic) bond motifs is 1. The first-order valence-corrected chi connectivity index (χ1v) is 7.85. The second-order valence-corrected chi connectivity index (χ2v) is 6.09. The summed E-state index contributed by atoms with van der Waals surface area (Å²) in [5.41, 5.74) is 2.85. The minimum absolute atomic E-state index is 0.258. The van der Waals surface area contributed by atoms with Crippen molar-refractivity contribution >= 4 is 22.0 Å². The van der Waals surface area contributed by atoms with Gasteiger partial charge in [0.05, 0.1) is 6.54 Å². The number of rotatable bonds is 2. The molecule has 0 unspecified atom stereocenters. The van der Waals surface area contributed by atoms with Gasteiger partial charge in [-0.15, -0.1) is 0 Å². The van der Waals surface area contributed by atoms with Crippen LogP contribution in [0.15, 0.2) is 46.9 Å². The second-order valence-electron chi connectivity index (χ2n) is 5.24. The van der Waals surface area contributed by atoms with Gasteiger partial charge in [0.15, 0.2) is 0 Å². The maximum atomic E-state index is 13.4. The van der Waals surface area contributed by atoms with Gasteiger partial charge in [0.1, 0.15) is 12.4 Å². The zero-order chi connectivity index (χ0) is 15.5. The van der Waals surface area contributed by atoms with Crippen molar-refractivity contribution in [2.24, 2.45) is 0 Å². The van der Waals surface area contributed by atoms with E-state index in [2.05, 4.69) is 15.9 Å². The molecule has 0 aliphatic carbocycles. The van der Waals surface area contributed by atoms with E-state index in [9.17, 15) is 9.18 Å². The Labute approximate surface area is 136 Å². The molecule has 0 radical (unpaired) electrons. The van der Waals surface area contributed by atoms with Gasteiger partial charge in [0, 0.05) is 11.0 Å². The van der Waals surface area contributed by atoms with Crippen LogP contribution in [-0.4, -0.2) is 17.5 Å². The number of carbonyl (C=O) groups is 1. The molecule has 1 aliphatic heterocycles. The number of ether oxygens (including phenoxy) is 1. The summed E-state index contributed by atoms with van der Waals surface area (Å²) in [7, 11) is 0. The van der Waals surface area contributed by atoms with Crippen molar-refractivity contribution in [3.8, 4) is 0 Å². The first-order valence-electron chi connectivity index (χ1n) is 7.06. The van der Waals surface area contributed by atoms with Gasteiger partial charge in [-0.2, -0.15) is 0 Å². The Balaban J connectivity index is 1.65. The van der Waals surface area contributed by atoms with E-state index in [0.717, 1.165) is 16.7 Å². The third kappa shape index (κ3) is 3.30. The summed E-state index contributed by atoms with van der Waals surface area (Å²) in [4.78, 5) is 13.8. The van der Waals surface area contributed by atoms with Crippen LogP contribution < -0.4 is 0 Å². The molecule has 2 aromatic rings. The number of hydrogen-bond acceptors (Lipinski definition) is 2. The molecular weight excluding hydrogens is 349 g/mol. The molecule has 0 saturated heterocycles. The minimum Gasteiger partial charge on any atom is -0.445 e. The first-order chi connectivity index (χ1) is 10.6. The molecule has 22 heavy (non-hydrogen) atoms. The summed E-state index contributed by atoms with van der Waals surface area (Å²) in [5, 5.41) is 0. The van der Waals surface area contributed by atoms with Crippen LogP contribution in [0.4, 0.5) is 9.18 Å². The van der Waals surface area contributed by atoms with Gasteiger partial charge in [-0.3, -0.25) is 0 Å². The van der Waals surface area contributed by atoms with Gasteiger partial charge >= 0.3 is 6.09 Å². The molecule has 0 bridgehead atoms. The van der Waals surface area contributed by atoms with E-state index in [4.69, 9.17) is 4.74 Å². The molecule has 0 saturated carbocycles. The Morgan fingerprint density at radius 3 is 2.82 bits per heavy atom. The Hall–Kier alpha value is -1.88. The van der Waals surface area contributed by atoms with E-state index in [1.165, 1.54) is 12.1 Å². The number of hydrogen-bond donors (Lipinski definition) is 0. The zero-order valence-electron chi connectivity index (χ0n) is 11.9. The largest absolute Gasteiger partial charge is 0.445 e. The Morgan fingerprint density at radius 2 is 2.05 bits per heavy atom. The van der Waals surface area contributed by atoms with Crippen LogP contribution in [0.3, 0.4) is 0 Å². The fraction of sp³-hybridized carbons (Fsp3) is 0.235. The number of benzene rings is 2. The smallest absolute Gasteiger partial charge is 0.410 e. The maximum absolute atomic E-state index is 13.4. The number of halogens is 2. The molecule has 0 spiro atoms. The van der Waals surface area contributed by atoms with Crippen molar-refractivity contribution in [3.63, 3.8) is 0 Å². The van der Waals surface area contributed by atoms with Gasteiger partial charge in [-0.05, 0) is 35.2 Å². The highest BCUT2D eigenvalue weighted by Crippen LogP contribution is 2.28. The van der Waals surface area contributed by atoms with E-state index >= 15 is 0 Å². The van der Waals surface area contributed by atoms with E-state index in [-0.39, 0.29) is 18.5 Å². The molecule has 0 atom stereocenters. The monoisotopic (exact) mass is 363 g/mol. The normalized spacial score (nSPS) is 13.6. The summed E-state index contributed by atoms with van der Waals surface area (Å²) in [6, 6.07) is 12.5. The lowest BCUT2D eigenvalue weighted by atomic mass is 10.00.